The molecular formula is C20H21NO3. The van der Waals surface area contributed by atoms with Crippen LogP contribution in [0.25, 0.3) is 0 Å². The van der Waals surface area contributed by atoms with Crippen molar-refractivity contribution >= 4 is 0 Å². The molecule has 1 N–H and O–H groups in total. The third-order valence-corrected chi connectivity index (χ3v) is 3.88. The van der Waals surface area contributed by atoms with Gasteiger partial charge in [0.2, 0.25) is 0 Å². The Kier molecular flexibility index (Phi) is 4.85. The Hall–Kier alpha value is -2.75. The fourth-order valence-electron chi connectivity index (χ4n) is 2.66. The molecule has 124 valence electrons. The number of nitrogens with zero attached hydrogens (tertiary/aromatic N) is 1. The molecule has 0 atom stereocenters. The zero-order valence-corrected chi connectivity index (χ0v) is 14.0. The summed E-state index contributed by atoms with van der Waals surface area (Å²) in [6.45, 7) is 4.36. The molecule has 0 radical (unpaired) electrons. The molecule has 0 saturated carbocycles. The SMILES string of the molecule is Cc1cc(Cc2nc(CCOc3ccccc3)co2)cc(C)c1O. The van der Waals surface area contributed by atoms with E-state index in [-0.39, 0.29) is 0 Å². The van der Waals surface area contributed by atoms with E-state index in [2.05, 4.69) is 4.98 Å². The molecule has 0 amide bonds. The first-order chi connectivity index (χ1) is 11.6. The van der Waals surface area contributed by atoms with Crippen LogP contribution in [0.3, 0.4) is 0 Å². The lowest BCUT2D eigenvalue weighted by Gasteiger charge is -2.06. The van der Waals surface area contributed by atoms with E-state index in [1.807, 2.05) is 56.3 Å². The number of hydrogen-bond donors (Lipinski definition) is 1. The monoisotopic (exact) mass is 323 g/mol. The summed E-state index contributed by atoms with van der Waals surface area (Å²) in [5.41, 5.74) is 3.70. The zero-order chi connectivity index (χ0) is 16.9. The minimum atomic E-state index is 0.352. The van der Waals surface area contributed by atoms with Crippen molar-refractivity contribution in [2.24, 2.45) is 0 Å². The second kappa shape index (κ2) is 7.21. The van der Waals surface area contributed by atoms with Gasteiger partial charge in [0.15, 0.2) is 5.89 Å². The first-order valence-electron chi connectivity index (χ1n) is 8.02. The Labute approximate surface area is 141 Å². The predicted octanol–water partition coefficient (Wildman–Crippen LogP) is 4.21. The van der Waals surface area contributed by atoms with Crippen molar-refractivity contribution in [2.45, 2.75) is 26.7 Å². The van der Waals surface area contributed by atoms with Crippen LogP contribution in [0.1, 0.15) is 28.3 Å². The highest BCUT2D eigenvalue weighted by Crippen LogP contribution is 2.24. The van der Waals surface area contributed by atoms with Gasteiger partial charge in [-0.3, -0.25) is 0 Å². The molecule has 1 heterocycles. The van der Waals surface area contributed by atoms with Crippen LogP contribution in [-0.2, 0) is 12.8 Å². The standard InChI is InChI=1S/C20H21NO3/c1-14-10-16(11-15(2)20(14)22)12-19-21-17(13-24-19)8-9-23-18-6-4-3-5-7-18/h3-7,10-11,13,22H,8-9,12H2,1-2H3. The molecule has 2 aromatic carbocycles. The topological polar surface area (TPSA) is 55.5 Å². The van der Waals surface area contributed by atoms with E-state index >= 15 is 0 Å². The maximum absolute atomic E-state index is 9.84. The minimum Gasteiger partial charge on any atom is -0.507 e. The van der Waals surface area contributed by atoms with Crippen molar-refractivity contribution in [1.82, 2.24) is 4.98 Å². The molecular weight excluding hydrogens is 302 g/mol. The third kappa shape index (κ3) is 3.96. The first-order valence-corrected chi connectivity index (χ1v) is 8.02. The van der Waals surface area contributed by atoms with Gasteiger partial charge in [0.05, 0.1) is 12.3 Å². The van der Waals surface area contributed by atoms with E-state index < -0.39 is 0 Å². The van der Waals surface area contributed by atoms with E-state index in [9.17, 15) is 5.11 Å². The van der Waals surface area contributed by atoms with Gasteiger partial charge in [-0.15, -0.1) is 0 Å². The van der Waals surface area contributed by atoms with Crippen molar-refractivity contribution < 1.29 is 14.3 Å². The van der Waals surface area contributed by atoms with Crippen LogP contribution >= 0.6 is 0 Å². The predicted molar refractivity (Wildman–Crippen MR) is 92.5 cm³/mol. The maximum atomic E-state index is 9.84. The summed E-state index contributed by atoms with van der Waals surface area (Å²) in [6, 6.07) is 13.7. The van der Waals surface area contributed by atoms with Crippen LogP contribution in [0.5, 0.6) is 11.5 Å². The van der Waals surface area contributed by atoms with Gasteiger partial charge < -0.3 is 14.3 Å². The van der Waals surface area contributed by atoms with E-state index in [4.69, 9.17) is 9.15 Å². The molecule has 4 nitrogen and oxygen atoms in total. The Morgan fingerprint density at radius 3 is 2.50 bits per heavy atom. The quantitative estimate of drug-likeness (QED) is 0.738. The normalized spacial score (nSPS) is 10.8. The molecule has 0 unspecified atom stereocenters. The summed E-state index contributed by atoms with van der Waals surface area (Å²) in [5.74, 6) is 1.88. The summed E-state index contributed by atoms with van der Waals surface area (Å²) in [6.07, 6.45) is 3.00. The lowest BCUT2D eigenvalue weighted by Crippen LogP contribution is -2.01. The second-order valence-corrected chi connectivity index (χ2v) is 5.90. The third-order valence-electron chi connectivity index (χ3n) is 3.88. The summed E-state index contributed by atoms with van der Waals surface area (Å²) >= 11 is 0. The highest BCUT2D eigenvalue weighted by Gasteiger charge is 2.09. The Balaban J connectivity index is 1.57. The van der Waals surface area contributed by atoms with Crippen LogP contribution in [0, 0.1) is 13.8 Å². The average molecular weight is 323 g/mol. The minimum absolute atomic E-state index is 0.352. The van der Waals surface area contributed by atoms with Crippen LogP contribution in [0.15, 0.2) is 53.1 Å². The van der Waals surface area contributed by atoms with Crippen molar-refractivity contribution in [3.8, 4) is 11.5 Å². The van der Waals surface area contributed by atoms with Crippen molar-refractivity contribution in [3.05, 3.63) is 77.0 Å². The molecule has 0 aliphatic carbocycles. The Morgan fingerprint density at radius 1 is 1.08 bits per heavy atom. The van der Waals surface area contributed by atoms with Gasteiger partial charge in [-0.1, -0.05) is 30.3 Å². The van der Waals surface area contributed by atoms with Crippen molar-refractivity contribution in [2.75, 3.05) is 6.61 Å². The maximum Gasteiger partial charge on any atom is 0.198 e. The van der Waals surface area contributed by atoms with E-state index in [1.165, 1.54) is 0 Å². The average Bonchev–Trinajstić information content (AvgIpc) is 3.01. The van der Waals surface area contributed by atoms with Gasteiger partial charge in [0, 0.05) is 12.8 Å². The number of phenols is 1. The summed E-state index contributed by atoms with van der Waals surface area (Å²) in [7, 11) is 0. The molecule has 1 aromatic heterocycles. The van der Waals surface area contributed by atoms with Gasteiger partial charge in [-0.05, 0) is 42.7 Å². The fraction of sp³-hybridized carbons (Fsp3) is 0.250. The lowest BCUT2D eigenvalue weighted by molar-refractivity contribution is 0.320. The molecule has 0 spiro atoms. The number of ether oxygens (including phenoxy) is 1. The van der Waals surface area contributed by atoms with Crippen LogP contribution in [-0.4, -0.2) is 16.7 Å². The van der Waals surface area contributed by atoms with Gasteiger partial charge in [-0.25, -0.2) is 4.98 Å². The van der Waals surface area contributed by atoms with Gasteiger partial charge in [0.1, 0.15) is 17.8 Å². The largest absolute Gasteiger partial charge is 0.507 e. The molecule has 0 fully saturated rings. The number of oxazole rings is 1. The van der Waals surface area contributed by atoms with Gasteiger partial charge >= 0.3 is 0 Å². The molecule has 24 heavy (non-hydrogen) atoms. The Morgan fingerprint density at radius 2 is 1.79 bits per heavy atom. The molecule has 0 aliphatic heterocycles. The van der Waals surface area contributed by atoms with Gasteiger partial charge in [0.25, 0.3) is 0 Å². The summed E-state index contributed by atoms with van der Waals surface area (Å²) in [4.78, 5) is 4.51. The number of aromatic nitrogens is 1. The number of para-hydroxylation sites is 1. The number of phenolic OH excluding ortho intramolecular Hbond substituents is 1. The molecule has 3 rings (SSSR count). The Bertz CT molecular complexity index is 786. The number of aryl methyl sites for hydroxylation is 2. The molecule has 0 saturated heterocycles. The van der Waals surface area contributed by atoms with E-state index in [0.717, 1.165) is 28.1 Å². The smallest absolute Gasteiger partial charge is 0.198 e. The van der Waals surface area contributed by atoms with Crippen molar-refractivity contribution in [1.29, 1.82) is 0 Å². The first kappa shape index (κ1) is 16.1. The number of rotatable bonds is 6. The molecule has 3 aromatic rings. The van der Waals surface area contributed by atoms with Gasteiger partial charge in [-0.2, -0.15) is 0 Å². The number of hydrogen-bond acceptors (Lipinski definition) is 4. The van der Waals surface area contributed by atoms with Crippen LogP contribution < -0.4 is 4.74 Å². The van der Waals surface area contributed by atoms with Crippen LogP contribution in [0.2, 0.25) is 0 Å². The lowest BCUT2D eigenvalue weighted by atomic mass is 10.0. The fourth-order valence-corrected chi connectivity index (χ4v) is 2.66. The highest BCUT2D eigenvalue weighted by atomic mass is 16.5. The summed E-state index contributed by atoms with van der Waals surface area (Å²) < 4.78 is 11.2. The molecule has 4 heteroatoms. The second-order valence-electron chi connectivity index (χ2n) is 5.90. The van der Waals surface area contributed by atoms with Crippen LogP contribution in [0.4, 0.5) is 0 Å². The van der Waals surface area contributed by atoms with E-state index in [0.29, 0.717) is 31.1 Å². The number of benzene rings is 2. The van der Waals surface area contributed by atoms with Crippen molar-refractivity contribution in [3.63, 3.8) is 0 Å². The van der Waals surface area contributed by atoms with E-state index in [1.54, 1.807) is 6.26 Å². The highest BCUT2D eigenvalue weighted by molar-refractivity contribution is 5.42. The number of aromatic hydroxyl groups is 1. The molecule has 0 bridgehead atoms. The summed E-state index contributed by atoms with van der Waals surface area (Å²) in [5, 5.41) is 9.84. The molecule has 0 aliphatic rings. The zero-order valence-electron chi connectivity index (χ0n) is 14.0.